The second kappa shape index (κ2) is 9.99. The number of halogens is 1. The first-order valence-corrected chi connectivity index (χ1v) is 12.8. The second-order valence-electron chi connectivity index (χ2n) is 9.04. The number of rotatable bonds is 4. The van der Waals surface area contributed by atoms with Gasteiger partial charge in [-0.2, -0.15) is 0 Å². The molecule has 0 radical (unpaired) electrons. The third kappa shape index (κ3) is 4.49. The van der Waals surface area contributed by atoms with Crippen LogP contribution in [-0.2, 0) is 22.6 Å². The summed E-state index contributed by atoms with van der Waals surface area (Å²) in [7, 11) is 0. The van der Waals surface area contributed by atoms with E-state index in [0.717, 1.165) is 48.1 Å². The van der Waals surface area contributed by atoms with Gasteiger partial charge in [0, 0.05) is 34.3 Å². The van der Waals surface area contributed by atoms with E-state index < -0.39 is 11.9 Å². The summed E-state index contributed by atoms with van der Waals surface area (Å²) in [6.07, 6.45) is 4.57. The Labute approximate surface area is 216 Å². The van der Waals surface area contributed by atoms with Crippen LogP contribution in [0.2, 0.25) is 0 Å². The van der Waals surface area contributed by atoms with Crippen molar-refractivity contribution in [1.82, 2.24) is 14.9 Å². The first kappa shape index (κ1) is 24.4. The number of hydrogen-bond donors (Lipinski definition) is 1. The zero-order chi connectivity index (χ0) is 25.4. The standard InChI is InChI=1S/C27H26BrN3O5/c1-3-31-26-23(25-24(15(2)30-26)35-20(32)7-8-21(33)36-25)22(17-5-4-6-18(28)14-17)19(27(31)34)13-16-9-11-29-12-10-16/h4-8,14,16,29H,3,9-13H2,1-2H3/b8-7+. The summed E-state index contributed by atoms with van der Waals surface area (Å²) >= 11 is 3.55. The molecule has 8 nitrogen and oxygen atoms in total. The minimum absolute atomic E-state index is 0.0792. The molecule has 0 aliphatic carbocycles. The number of aromatic nitrogens is 2. The summed E-state index contributed by atoms with van der Waals surface area (Å²) in [6.45, 7) is 5.74. The van der Waals surface area contributed by atoms with Gasteiger partial charge >= 0.3 is 11.9 Å². The average Bonchev–Trinajstić information content (AvgIpc) is 2.85. The highest BCUT2D eigenvalue weighted by Gasteiger charge is 2.30. The number of carbonyl (C=O) groups excluding carboxylic acids is 2. The highest BCUT2D eigenvalue weighted by Crippen LogP contribution is 2.44. The zero-order valence-electron chi connectivity index (χ0n) is 20.1. The fraction of sp³-hybridized carbons (Fsp3) is 0.333. The van der Waals surface area contributed by atoms with E-state index in [9.17, 15) is 14.4 Å². The lowest BCUT2D eigenvalue weighted by atomic mass is 9.86. The molecule has 0 atom stereocenters. The molecule has 2 aliphatic heterocycles. The van der Waals surface area contributed by atoms with E-state index >= 15 is 0 Å². The van der Waals surface area contributed by atoms with Crippen molar-refractivity contribution in [3.63, 3.8) is 0 Å². The lowest BCUT2D eigenvalue weighted by Gasteiger charge is -2.26. The van der Waals surface area contributed by atoms with Crippen LogP contribution in [0.4, 0.5) is 0 Å². The van der Waals surface area contributed by atoms with Crippen LogP contribution in [0.5, 0.6) is 11.5 Å². The lowest BCUT2D eigenvalue weighted by molar-refractivity contribution is -0.133. The van der Waals surface area contributed by atoms with Gasteiger partial charge < -0.3 is 14.8 Å². The van der Waals surface area contributed by atoms with Crippen molar-refractivity contribution in [1.29, 1.82) is 0 Å². The highest BCUT2D eigenvalue weighted by molar-refractivity contribution is 9.10. The van der Waals surface area contributed by atoms with Crippen molar-refractivity contribution < 1.29 is 19.1 Å². The summed E-state index contributed by atoms with van der Waals surface area (Å²) in [5, 5.41) is 3.86. The fourth-order valence-electron chi connectivity index (χ4n) is 5.03. The summed E-state index contributed by atoms with van der Waals surface area (Å²) in [5.74, 6) is -0.885. The van der Waals surface area contributed by atoms with Crippen LogP contribution < -0.4 is 20.3 Å². The number of nitrogens with zero attached hydrogens (tertiary/aromatic N) is 2. The highest BCUT2D eigenvalue weighted by atomic mass is 79.9. The average molecular weight is 552 g/mol. The molecular formula is C27H26BrN3O5. The molecular weight excluding hydrogens is 526 g/mol. The molecule has 0 bridgehead atoms. The van der Waals surface area contributed by atoms with E-state index in [1.54, 1.807) is 11.5 Å². The normalized spacial score (nSPS) is 17.2. The summed E-state index contributed by atoms with van der Waals surface area (Å²) in [6, 6.07) is 7.65. The predicted molar refractivity (Wildman–Crippen MR) is 139 cm³/mol. The fourth-order valence-corrected chi connectivity index (χ4v) is 5.42. The number of esters is 2. The SMILES string of the molecule is CCn1c(=O)c(CC2CCNCC2)c(-c2cccc(Br)c2)c2c3c(c(C)nc21)OC(=O)/C=C/C(=O)O3. The number of fused-ring (bicyclic) bond motifs is 3. The van der Waals surface area contributed by atoms with E-state index in [1.807, 2.05) is 31.2 Å². The van der Waals surface area contributed by atoms with Gasteiger partial charge in [-0.3, -0.25) is 9.36 Å². The Morgan fingerprint density at radius 2 is 1.78 bits per heavy atom. The van der Waals surface area contributed by atoms with Crippen LogP contribution in [0.1, 0.15) is 31.0 Å². The van der Waals surface area contributed by atoms with Crippen LogP contribution >= 0.6 is 15.9 Å². The number of carbonyl (C=O) groups is 2. The Bertz CT molecular complexity index is 1470. The molecule has 1 aromatic carbocycles. The Hall–Kier alpha value is -3.30. The largest absolute Gasteiger partial charge is 0.418 e. The molecule has 3 aromatic rings. The van der Waals surface area contributed by atoms with E-state index in [4.69, 9.17) is 14.5 Å². The van der Waals surface area contributed by atoms with E-state index in [1.165, 1.54) is 0 Å². The number of ether oxygens (including phenoxy) is 2. The Morgan fingerprint density at radius 3 is 2.44 bits per heavy atom. The third-order valence-corrected chi connectivity index (χ3v) is 7.20. The molecule has 0 unspecified atom stereocenters. The van der Waals surface area contributed by atoms with Gasteiger partial charge in [0.05, 0.1) is 11.1 Å². The number of benzene rings is 1. The molecule has 4 heterocycles. The van der Waals surface area contributed by atoms with Crippen LogP contribution in [-0.4, -0.2) is 34.6 Å². The van der Waals surface area contributed by atoms with Gasteiger partial charge in [-0.15, -0.1) is 0 Å². The van der Waals surface area contributed by atoms with Crippen LogP contribution in [0.15, 0.2) is 45.7 Å². The van der Waals surface area contributed by atoms with Gasteiger partial charge in [-0.1, -0.05) is 28.1 Å². The van der Waals surface area contributed by atoms with Gasteiger partial charge in [0.15, 0.2) is 11.5 Å². The van der Waals surface area contributed by atoms with Crippen LogP contribution in [0, 0.1) is 12.8 Å². The maximum absolute atomic E-state index is 14.0. The van der Waals surface area contributed by atoms with Crippen molar-refractivity contribution >= 4 is 38.9 Å². The molecule has 36 heavy (non-hydrogen) atoms. The molecule has 1 N–H and O–H groups in total. The number of hydrogen-bond acceptors (Lipinski definition) is 7. The Morgan fingerprint density at radius 1 is 1.08 bits per heavy atom. The smallest absolute Gasteiger partial charge is 0.336 e. The number of pyridine rings is 2. The molecule has 2 aromatic heterocycles. The zero-order valence-corrected chi connectivity index (χ0v) is 21.7. The summed E-state index contributed by atoms with van der Waals surface area (Å²) in [4.78, 5) is 43.6. The van der Waals surface area contributed by atoms with Crippen LogP contribution in [0.25, 0.3) is 22.2 Å². The van der Waals surface area contributed by atoms with E-state index in [2.05, 4.69) is 21.2 Å². The van der Waals surface area contributed by atoms with Crippen molar-refractivity contribution in [2.45, 2.75) is 39.7 Å². The first-order chi connectivity index (χ1) is 17.4. The quantitative estimate of drug-likeness (QED) is 0.487. The van der Waals surface area contributed by atoms with E-state index in [-0.39, 0.29) is 17.1 Å². The second-order valence-corrected chi connectivity index (χ2v) is 9.96. The molecule has 5 rings (SSSR count). The third-order valence-electron chi connectivity index (χ3n) is 6.71. The van der Waals surface area contributed by atoms with Gasteiger partial charge in [0.25, 0.3) is 5.56 Å². The van der Waals surface area contributed by atoms with E-state index in [0.29, 0.717) is 46.7 Å². The number of aryl methyl sites for hydroxylation is 2. The van der Waals surface area contributed by atoms with Crippen molar-refractivity contribution in [2.24, 2.45) is 5.92 Å². The molecule has 0 saturated carbocycles. The monoisotopic (exact) mass is 551 g/mol. The maximum Gasteiger partial charge on any atom is 0.336 e. The maximum atomic E-state index is 14.0. The summed E-state index contributed by atoms with van der Waals surface area (Å²) < 4.78 is 13.8. The van der Waals surface area contributed by atoms with Gasteiger partial charge in [0.2, 0.25) is 0 Å². The Kier molecular flexibility index (Phi) is 6.77. The Balaban J connectivity index is 1.92. The van der Waals surface area contributed by atoms with Crippen molar-refractivity contribution in [3.05, 3.63) is 62.5 Å². The minimum Gasteiger partial charge on any atom is -0.418 e. The van der Waals surface area contributed by atoms with Crippen LogP contribution in [0.3, 0.4) is 0 Å². The molecule has 0 amide bonds. The van der Waals surface area contributed by atoms with Gasteiger partial charge in [0.1, 0.15) is 5.65 Å². The minimum atomic E-state index is -0.700. The lowest BCUT2D eigenvalue weighted by Crippen LogP contribution is -2.32. The molecule has 1 saturated heterocycles. The molecule has 2 aliphatic rings. The number of nitrogens with one attached hydrogen (secondary N) is 1. The first-order valence-electron chi connectivity index (χ1n) is 12.1. The number of piperidine rings is 1. The van der Waals surface area contributed by atoms with Gasteiger partial charge in [-0.05, 0) is 69.8 Å². The molecule has 9 heteroatoms. The summed E-state index contributed by atoms with van der Waals surface area (Å²) in [5.41, 5.74) is 2.70. The van der Waals surface area contributed by atoms with Gasteiger partial charge in [-0.25, -0.2) is 14.6 Å². The van der Waals surface area contributed by atoms with Crippen molar-refractivity contribution in [2.75, 3.05) is 13.1 Å². The predicted octanol–water partition coefficient (Wildman–Crippen LogP) is 4.08. The topological polar surface area (TPSA) is 99.5 Å². The van der Waals surface area contributed by atoms with Crippen molar-refractivity contribution in [3.8, 4) is 22.6 Å². The molecule has 0 spiro atoms. The molecule has 1 fully saturated rings. The molecule has 186 valence electrons.